The van der Waals surface area contributed by atoms with Gasteiger partial charge in [0.1, 0.15) is 12.6 Å². The molecule has 174 valence electrons. The standard InChI is InChI=1S/C21H24Cl3N3O4S/c1-13-5-8-17(10-18(13)23)27(32(4,30)31)12-20(28)26(14(2)21(29)25-3)11-15-6-7-16(22)9-19(15)24/h5-10,14H,11-12H2,1-4H3,(H,25,29)/t14-/m1/s1. The van der Waals surface area contributed by atoms with Crippen LogP contribution in [0.4, 0.5) is 5.69 Å². The minimum Gasteiger partial charge on any atom is -0.357 e. The van der Waals surface area contributed by atoms with Crippen LogP contribution in [0.5, 0.6) is 0 Å². The number of carbonyl (C=O) groups is 2. The van der Waals surface area contributed by atoms with Crippen molar-refractivity contribution in [3.05, 3.63) is 62.6 Å². The number of likely N-dealkylation sites (N-methyl/N-ethyl adjacent to an activating group) is 1. The van der Waals surface area contributed by atoms with Crippen molar-refractivity contribution in [2.24, 2.45) is 0 Å². The summed E-state index contributed by atoms with van der Waals surface area (Å²) in [5.74, 6) is -0.998. The summed E-state index contributed by atoms with van der Waals surface area (Å²) in [4.78, 5) is 26.9. The highest BCUT2D eigenvalue weighted by Crippen LogP contribution is 2.26. The van der Waals surface area contributed by atoms with Gasteiger partial charge in [-0.3, -0.25) is 13.9 Å². The quantitative estimate of drug-likeness (QED) is 0.572. The second-order valence-electron chi connectivity index (χ2n) is 7.25. The first-order valence-electron chi connectivity index (χ1n) is 9.54. The molecule has 0 heterocycles. The van der Waals surface area contributed by atoms with Gasteiger partial charge in [-0.15, -0.1) is 0 Å². The van der Waals surface area contributed by atoms with Crippen LogP contribution in [0.2, 0.25) is 15.1 Å². The molecule has 0 saturated heterocycles. The summed E-state index contributed by atoms with van der Waals surface area (Å²) in [6.07, 6.45) is 0.997. The van der Waals surface area contributed by atoms with Gasteiger partial charge in [-0.1, -0.05) is 46.9 Å². The van der Waals surface area contributed by atoms with Gasteiger partial charge in [0.05, 0.1) is 11.9 Å². The number of anilines is 1. The molecule has 0 aliphatic carbocycles. The maximum Gasteiger partial charge on any atom is 0.244 e. The van der Waals surface area contributed by atoms with Crippen molar-refractivity contribution in [3.63, 3.8) is 0 Å². The molecule has 11 heteroatoms. The molecule has 0 fully saturated rings. The minimum atomic E-state index is -3.83. The number of rotatable bonds is 8. The third-order valence-electron chi connectivity index (χ3n) is 4.89. The fourth-order valence-electron chi connectivity index (χ4n) is 2.98. The molecule has 0 aromatic heterocycles. The highest BCUT2D eigenvalue weighted by atomic mass is 35.5. The van der Waals surface area contributed by atoms with E-state index in [4.69, 9.17) is 34.8 Å². The van der Waals surface area contributed by atoms with E-state index < -0.39 is 34.4 Å². The van der Waals surface area contributed by atoms with Crippen LogP contribution in [0.3, 0.4) is 0 Å². The lowest BCUT2D eigenvalue weighted by Gasteiger charge is -2.31. The van der Waals surface area contributed by atoms with Crippen molar-refractivity contribution in [2.45, 2.75) is 26.4 Å². The fraction of sp³-hybridized carbons (Fsp3) is 0.333. The summed E-state index contributed by atoms with van der Waals surface area (Å²) in [5, 5.41) is 3.62. The van der Waals surface area contributed by atoms with Crippen LogP contribution in [0, 0.1) is 6.92 Å². The smallest absolute Gasteiger partial charge is 0.244 e. The zero-order valence-corrected chi connectivity index (χ0v) is 21.1. The molecule has 2 amide bonds. The lowest BCUT2D eigenvalue weighted by Crippen LogP contribution is -2.50. The van der Waals surface area contributed by atoms with E-state index in [2.05, 4.69) is 5.32 Å². The number of amides is 2. The van der Waals surface area contributed by atoms with Crippen LogP contribution in [0.25, 0.3) is 0 Å². The van der Waals surface area contributed by atoms with Crippen LogP contribution in [-0.2, 0) is 26.2 Å². The Hall–Kier alpha value is -2.00. The van der Waals surface area contributed by atoms with Gasteiger partial charge in [0.2, 0.25) is 21.8 Å². The Morgan fingerprint density at radius 2 is 1.72 bits per heavy atom. The maximum atomic E-state index is 13.3. The maximum absolute atomic E-state index is 13.3. The molecule has 0 aliphatic heterocycles. The zero-order chi connectivity index (χ0) is 24.2. The normalized spacial score (nSPS) is 12.2. The molecule has 0 spiro atoms. The number of nitrogens with zero attached hydrogens (tertiary/aromatic N) is 2. The molecule has 1 atom stereocenters. The predicted octanol–water partition coefficient (Wildman–Crippen LogP) is 3.88. The van der Waals surface area contributed by atoms with Crippen molar-refractivity contribution in [3.8, 4) is 0 Å². The Kier molecular flexibility index (Phi) is 8.82. The van der Waals surface area contributed by atoms with Crippen molar-refractivity contribution in [1.29, 1.82) is 0 Å². The highest BCUT2D eigenvalue weighted by Gasteiger charge is 2.30. The average molecular weight is 521 g/mol. The van der Waals surface area contributed by atoms with Gasteiger partial charge in [0, 0.05) is 28.7 Å². The third-order valence-corrected chi connectivity index (χ3v) is 7.03. The zero-order valence-electron chi connectivity index (χ0n) is 18.0. The second-order valence-corrected chi connectivity index (χ2v) is 10.4. The molecule has 1 N–H and O–H groups in total. The van der Waals surface area contributed by atoms with Crippen molar-refractivity contribution in [1.82, 2.24) is 10.2 Å². The number of nitrogens with one attached hydrogen (secondary N) is 1. The second kappa shape index (κ2) is 10.7. The van der Waals surface area contributed by atoms with E-state index in [1.54, 1.807) is 38.1 Å². The monoisotopic (exact) mass is 519 g/mol. The first-order chi connectivity index (χ1) is 14.8. The Balaban J connectivity index is 2.43. The number of hydrogen-bond donors (Lipinski definition) is 1. The van der Waals surface area contributed by atoms with Gasteiger partial charge in [-0.2, -0.15) is 0 Å². The van der Waals surface area contributed by atoms with E-state index >= 15 is 0 Å². The summed E-state index contributed by atoms with van der Waals surface area (Å²) < 4.78 is 25.9. The molecule has 0 aliphatic rings. The molecule has 2 aromatic carbocycles. The summed E-state index contributed by atoms with van der Waals surface area (Å²) in [7, 11) is -2.38. The summed E-state index contributed by atoms with van der Waals surface area (Å²) in [6.45, 7) is 2.79. The fourth-order valence-corrected chi connectivity index (χ4v) is 4.46. The molecule has 0 bridgehead atoms. The molecule has 0 radical (unpaired) electrons. The number of sulfonamides is 1. The van der Waals surface area contributed by atoms with Gasteiger partial charge in [0.25, 0.3) is 0 Å². The van der Waals surface area contributed by atoms with Crippen molar-refractivity contribution < 1.29 is 18.0 Å². The molecule has 0 saturated carbocycles. The van der Waals surface area contributed by atoms with Crippen LogP contribution in [-0.4, -0.2) is 51.0 Å². The van der Waals surface area contributed by atoms with Gasteiger partial charge in [-0.25, -0.2) is 8.42 Å². The highest BCUT2D eigenvalue weighted by molar-refractivity contribution is 7.92. The molecular formula is C21H24Cl3N3O4S. The number of benzene rings is 2. The number of carbonyl (C=O) groups excluding carboxylic acids is 2. The van der Waals surface area contributed by atoms with E-state index in [0.29, 0.717) is 20.6 Å². The Labute approximate surface area is 203 Å². The van der Waals surface area contributed by atoms with Gasteiger partial charge < -0.3 is 10.2 Å². The van der Waals surface area contributed by atoms with Gasteiger partial charge in [-0.05, 0) is 49.2 Å². The van der Waals surface area contributed by atoms with Crippen molar-refractivity contribution >= 4 is 62.3 Å². The van der Waals surface area contributed by atoms with Crippen molar-refractivity contribution in [2.75, 3.05) is 24.2 Å². The summed E-state index contributed by atoms with van der Waals surface area (Å²) >= 11 is 18.4. The number of aryl methyl sites for hydroxylation is 1. The topological polar surface area (TPSA) is 86.8 Å². The third kappa shape index (κ3) is 6.51. The SMILES string of the molecule is CNC(=O)[C@@H](C)N(Cc1ccc(Cl)cc1Cl)C(=O)CN(c1ccc(C)c(Cl)c1)S(C)(=O)=O. The van der Waals surface area contributed by atoms with Crippen LogP contribution < -0.4 is 9.62 Å². The first-order valence-corrected chi connectivity index (χ1v) is 12.5. The number of hydrogen-bond acceptors (Lipinski definition) is 4. The van der Waals surface area contributed by atoms with E-state index in [1.165, 1.54) is 24.1 Å². The Morgan fingerprint density at radius 3 is 2.25 bits per heavy atom. The van der Waals surface area contributed by atoms with Gasteiger partial charge >= 0.3 is 0 Å². The minimum absolute atomic E-state index is 0.0182. The lowest BCUT2D eigenvalue weighted by atomic mass is 10.1. The van der Waals surface area contributed by atoms with E-state index in [-0.39, 0.29) is 12.2 Å². The van der Waals surface area contributed by atoms with E-state index in [0.717, 1.165) is 16.1 Å². The predicted molar refractivity (Wildman–Crippen MR) is 129 cm³/mol. The lowest BCUT2D eigenvalue weighted by molar-refractivity contribution is -0.139. The molecule has 2 rings (SSSR count). The van der Waals surface area contributed by atoms with Crippen LogP contribution in [0.15, 0.2) is 36.4 Å². The largest absolute Gasteiger partial charge is 0.357 e. The molecule has 32 heavy (non-hydrogen) atoms. The number of halogens is 3. The first kappa shape index (κ1) is 26.3. The summed E-state index contributed by atoms with van der Waals surface area (Å²) in [6, 6.07) is 8.62. The summed E-state index contributed by atoms with van der Waals surface area (Å²) in [5.41, 5.74) is 1.57. The molecule has 2 aromatic rings. The van der Waals surface area contributed by atoms with E-state index in [9.17, 15) is 18.0 Å². The Morgan fingerprint density at radius 1 is 1.06 bits per heavy atom. The van der Waals surface area contributed by atoms with E-state index in [1.807, 2.05) is 0 Å². The van der Waals surface area contributed by atoms with Crippen LogP contribution >= 0.6 is 34.8 Å². The molecular weight excluding hydrogens is 497 g/mol. The molecule has 7 nitrogen and oxygen atoms in total. The average Bonchev–Trinajstić information content (AvgIpc) is 2.71. The Bertz CT molecular complexity index is 1130. The van der Waals surface area contributed by atoms with Crippen LogP contribution in [0.1, 0.15) is 18.1 Å². The van der Waals surface area contributed by atoms with Gasteiger partial charge in [0.15, 0.2) is 0 Å². The molecule has 0 unspecified atom stereocenters.